The van der Waals surface area contributed by atoms with Gasteiger partial charge in [0, 0.05) is 25.6 Å². The van der Waals surface area contributed by atoms with Crippen LogP contribution in [0.3, 0.4) is 0 Å². The van der Waals surface area contributed by atoms with Gasteiger partial charge in [-0.3, -0.25) is 4.79 Å². The molecule has 0 bridgehead atoms. The Morgan fingerprint density at radius 1 is 1.69 bits per heavy atom. The third-order valence-electron chi connectivity index (χ3n) is 2.44. The second-order valence-corrected chi connectivity index (χ2v) is 3.69. The molecule has 1 unspecified atom stereocenters. The van der Waals surface area contributed by atoms with Gasteiger partial charge in [-0.1, -0.05) is 13.3 Å². The maximum atomic E-state index is 11.5. The van der Waals surface area contributed by atoms with Crippen molar-refractivity contribution in [2.45, 2.75) is 25.8 Å². The number of carbonyl (C=O) groups is 1. The van der Waals surface area contributed by atoms with Crippen molar-refractivity contribution in [1.29, 1.82) is 0 Å². The summed E-state index contributed by atoms with van der Waals surface area (Å²) in [5.41, 5.74) is 5.67. The van der Waals surface area contributed by atoms with Gasteiger partial charge in [-0.2, -0.15) is 0 Å². The molecule has 1 amide bonds. The molecule has 4 nitrogen and oxygen atoms in total. The van der Waals surface area contributed by atoms with Crippen LogP contribution in [0.4, 0.5) is 0 Å². The standard InChI is InChI=1S/C9H18N2O2/c1-2-3-8(10)9(13)11-4-7(5-11)6-12/h7-8,12H,2-6,10H2,1H3. The summed E-state index contributed by atoms with van der Waals surface area (Å²) < 4.78 is 0. The molecule has 1 heterocycles. The zero-order chi connectivity index (χ0) is 9.84. The SMILES string of the molecule is CCCC(N)C(=O)N1CC(CO)C1. The van der Waals surface area contributed by atoms with Crippen LogP contribution in [0, 0.1) is 5.92 Å². The maximum absolute atomic E-state index is 11.5. The van der Waals surface area contributed by atoms with Gasteiger partial charge in [0.15, 0.2) is 0 Å². The Labute approximate surface area is 78.7 Å². The van der Waals surface area contributed by atoms with Crippen LogP contribution < -0.4 is 5.73 Å². The van der Waals surface area contributed by atoms with Gasteiger partial charge in [0.05, 0.1) is 6.04 Å². The Kier molecular flexibility index (Phi) is 3.69. The van der Waals surface area contributed by atoms with E-state index in [1.54, 1.807) is 4.90 Å². The van der Waals surface area contributed by atoms with Crippen LogP contribution in [-0.4, -0.2) is 41.7 Å². The summed E-state index contributed by atoms with van der Waals surface area (Å²) in [4.78, 5) is 13.2. The van der Waals surface area contributed by atoms with Crippen molar-refractivity contribution < 1.29 is 9.90 Å². The van der Waals surface area contributed by atoms with Crippen molar-refractivity contribution >= 4 is 5.91 Å². The van der Waals surface area contributed by atoms with Crippen LogP contribution in [-0.2, 0) is 4.79 Å². The van der Waals surface area contributed by atoms with Gasteiger partial charge < -0.3 is 15.7 Å². The first-order valence-electron chi connectivity index (χ1n) is 4.84. The van der Waals surface area contributed by atoms with Gasteiger partial charge in [-0.05, 0) is 6.42 Å². The lowest BCUT2D eigenvalue weighted by atomic mass is 9.99. The minimum Gasteiger partial charge on any atom is -0.396 e. The lowest BCUT2D eigenvalue weighted by Crippen LogP contribution is -2.56. The van der Waals surface area contributed by atoms with Crippen molar-refractivity contribution in [1.82, 2.24) is 4.90 Å². The van der Waals surface area contributed by atoms with E-state index in [4.69, 9.17) is 10.8 Å². The van der Waals surface area contributed by atoms with Crippen LogP contribution in [0.25, 0.3) is 0 Å². The average molecular weight is 186 g/mol. The molecule has 0 aromatic rings. The Morgan fingerprint density at radius 2 is 2.31 bits per heavy atom. The number of carbonyl (C=O) groups excluding carboxylic acids is 1. The highest BCUT2D eigenvalue weighted by atomic mass is 16.3. The van der Waals surface area contributed by atoms with Crippen LogP contribution in [0.5, 0.6) is 0 Å². The topological polar surface area (TPSA) is 66.6 Å². The third kappa shape index (κ3) is 2.42. The minimum absolute atomic E-state index is 0.0338. The lowest BCUT2D eigenvalue weighted by molar-refractivity contribution is -0.140. The lowest BCUT2D eigenvalue weighted by Gasteiger charge is -2.39. The van der Waals surface area contributed by atoms with Crippen molar-refractivity contribution in [2.24, 2.45) is 11.7 Å². The van der Waals surface area contributed by atoms with E-state index in [1.165, 1.54) is 0 Å². The fourth-order valence-electron chi connectivity index (χ4n) is 1.53. The number of hydrogen-bond acceptors (Lipinski definition) is 3. The normalized spacial score (nSPS) is 19.8. The molecule has 76 valence electrons. The largest absolute Gasteiger partial charge is 0.396 e. The Morgan fingerprint density at radius 3 is 2.77 bits per heavy atom. The highest BCUT2D eigenvalue weighted by Gasteiger charge is 2.32. The molecule has 1 saturated heterocycles. The van der Waals surface area contributed by atoms with E-state index in [0.29, 0.717) is 13.1 Å². The Balaban J connectivity index is 2.25. The zero-order valence-corrected chi connectivity index (χ0v) is 8.07. The first kappa shape index (κ1) is 10.5. The molecule has 0 radical (unpaired) electrons. The first-order valence-corrected chi connectivity index (χ1v) is 4.84. The van der Waals surface area contributed by atoms with E-state index < -0.39 is 0 Å². The first-order chi connectivity index (χ1) is 6.19. The molecule has 13 heavy (non-hydrogen) atoms. The molecule has 1 aliphatic heterocycles. The van der Waals surface area contributed by atoms with Gasteiger partial charge in [0.1, 0.15) is 0 Å². The highest BCUT2D eigenvalue weighted by Crippen LogP contribution is 2.16. The second kappa shape index (κ2) is 4.58. The summed E-state index contributed by atoms with van der Waals surface area (Å²) in [5.74, 6) is 0.310. The predicted molar refractivity (Wildman–Crippen MR) is 50.0 cm³/mol. The maximum Gasteiger partial charge on any atom is 0.239 e. The number of likely N-dealkylation sites (tertiary alicyclic amines) is 1. The van der Waals surface area contributed by atoms with Gasteiger partial charge >= 0.3 is 0 Å². The van der Waals surface area contributed by atoms with Gasteiger partial charge in [0.25, 0.3) is 0 Å². The van der Waals surface area contributed by atoms with E-state index in [9.17, 15) is 4.79 Å². The second-order valence-electron chi connectivity index (χ2n) is 3.69. The number of nitrogens with two attached hydrogens (primary N) is 1. The summed E-state index contributed by atoms with van der Waals surface area (Å²) in [6.45, 7) is 3.53. The summed E-state index contributed by atoms with van der Waals surface area (Å²) in [6, 6.07) is -0.343. The van der Waals surface area contributed by atoms with Gasteiger partial charge in [0.2, 0.25) is 5.91 Å². The van der Waals surface area contributed by atoms with Crippen LogP contribution >= 0.6 is 0 Å². The van der Waals surface area contributed by atoms with E-state index in [1.807, 2.05) is 6.92 Å². The highest BCUT2D eigenvalue weighted by molar-refractivity contribution is 5.82. The van der Waals surface area contributed by atoms with Crippen LogP contribution in [0.15, 0.2) is 0 Å². The predicted octanol–water partition coefficient (Wildman–Crippen LogP) is -0.435. The number of rotatable bonds is 4. The molecule has 1 fully saturated rings. The molecule has 1 rings (SSSR count). The quantitative estimate of drug-likeness (QED) is 0.625. The molecular weight excluding hydrogens is 168 g/mol. The average Bonchev–Trinajstić information content (AvgIpc) is 2.02. The van der Waals surface area contributed by atoms with Crippen molar-refractivity contribution in [3.05, 3.63) is 0 Å². The number of aliphatic hydroxyl groups is 1. The molecule has 0 spiro atoms. The molecule has 0 aliphatic carbocycles. The van der Waals surface area contributed by atoms with Crippen molar-refractivity contribution in [2.75, 3.05) is 19.7 Å². The van der Waals surface area contributed by atoms with Crippen molar-refractivity contribution in [3.8, 4) is 0 Å². The molecular formula is C9H18N2O2. The summed E-state index contributed by atoms with van der Waals surface area (Å²) >= 11 is 0. The number of aliphatic hydroxyl groups excluding tert-OH is 1. The number of hydrogen-bond donors (Lipinski definition) is 2. The van der Waals surface area contributed by atoms with E-state index in [2.05, 4.69) is 0 Å². The smallest absolute Gasteiger partial charge is 0.239 e. The third-order valence-corrected chi connectivity index (χ3v) is 2.44. The minimum atomic E-state index is -0.343. The molecule has 4 heteroatoms. The fourth-order valence-corrected chi connectivity index (χ4v) is 1.53. The summed E-state index contributed by atoms with van der Waals surface area (Å²) in [5, 5.41) is 8.76. The van der Waals surface area contributed by atoms with E-state index in [-0.39, 0.29) is 24.5 Å². The number of amides is 1. The fraction of sp³-hybridized carbons (Fsp3) is 0.889. The Hall–Kier alpha value is -0.610. The zero-order valence-electron chi connectivity index (χ0n) is 8.07. The van der Waals surface area contributed by atoms with Gasteiger partial charge in [-0.25, -0.2) is 0 Å². The van der Waals surface area contributed by atoms with Crippen molar-refractivity contribution in [3.63, 3.8) is 0 Å². The van der Waals surface area contributed by atoms with E-state index >= 15 is 0 Å². The van der Waals surface area contributed by atoms with Crippen LogP contribution in [0.1, 0.15) is 19.8 Å². The molecule has 0 saturated carbocycles. The molecule has 1 atom stereocenters. The molecule has 0 aromatic heterocycles. The molecule has 0 aromatic carbocycles. The molecule has 1 aliphatic rings. The summed E-state index contributed by atoms with van der Waals surface area (Å²) in [7, 11) is 0. The number of nitrogens with zero attached hydrogens (tertiary/aromatic N) is 1. The van der Waals surface area contributed by atoms with E-state index in [0.717, 1.165) is 12.8 Å². The van der Waals surface area contributed by atoms with Crippen LogP contribution in [0.2, 0.25) is 0 Å². The van der Waals surface area contributed by atoms with Gasteiger partial charge in [-0.15, -0.1) is 0 Å². The Bertz CT molecular complexity index is 178. The summed E-state index contributed by atoms with van der Waals surface area (Å²) in [6.07, 6.45) is 1.68. The monoisotopic (exact) mass is 186 g/mol. The molecule has 3 N–H and O–H groups in total.